The van der Waals surface area contributed by atoms with Crippen molar-refractivity contribution in [3.8, 4) is 0 Å². The lowest BCUT2D eigenvalue weighted by Crippen LogP contribution is -2.28. The summed E-state index contributed by atoms with van der Waals surface area (Å²) in [4.78, 5) is 2.27. The largest absolute Gasteiger partial charge is 0.389 e. The Labute approximate surface area is 102 Å². The van der Waals surface area contributed by atoms with Crippen molar-refractivity contribution in [1.29, 1.82) is 0 Å². The van der Waals surface area contributed by atoms with Crippen LogP contribution in [0, 0.1) is 11.7 Å². The molecule has 1 aromatic carbocycles. The number of benzene rings is 1. The van der Waals surface area contributed by atoms with E-state index in [0.717, 1.165) is 18.7 Å². The summed E-state index contributed by atoms with van der Waals surface area (Å²) in [6.07, 6.45) is 0.514. The van der Waals surface area contributed by atoms with Crippen LogP contribution in [0.1, 0.15) is 38.9 Å². The standard InChI is InChI=1S/C14H20FNO/c1-9-6-10(2)16(8-9)14-5-4-12(15)7-13(14)11(3)17/h4-5,7,9-11,17H,6,8H2,1-3H3. The number of aliphatic hydroxyl groups excluding tert-OH is 1. The molecule has 3 heteroatoms. The highest BCUT2D eigenvalue weighted by Gasteiger charge is 2.28. The molecule has 0 bridgehead atoms. The molecule has 1 saturated heterocycles. The van der Waals surface area contributed by atoms with E-state index in [4.69, 9.17) is 0 Å². The van der Waals surface area contributed by atoms with Crippen LogP contribution in [-0.2, 0) is 0 Å². The predicted molar refractivity (Wildman–Crippen MR) is 67.6 cm³/mol. The lowest BCUT2D eigenvalue weighted by Gasteiger charge is -2.27. The molecule has 0 aromatic heterocycles. The highest BCUT2D eigenvalue weighted by Crippen LogP contribution is 2.34. The van der Waals surface area contributed by atoms with E-state index >= 15 is 0 Å². The summed E-state index contributed by atoms with van der Waals surface area (Å²) in [7, 11) is 0. The van der Waals surface area contributed by atoms with Crippen LogP contribution in [0.2, 0.25) is 0 Å². The van der Waals surface area contributed by atoms with Gasteiger partial charge in [0.15, 0.2) is 0 Å². The van der Waals surface area contributed by atoms with E-state index in [2.05, 4.69) is 18.7 Å². The first kappa shape index (κ1) is 12.4. The van der Waals surface area contributed by atoms with Gasteiger partial charge >= 0.3 is 0 Å². The molecule has 1 fully saturated rings. The maximum atomic E-state index is 13.2. The third kappa shape index (κ3) is 2.44. The first-order chi connectivity index (χ1) is 7.99. The minimum atomic E-state index is -0.635. The van der Waals surface area contributed by atoms with E-state index in [1.807, 2.05) is 0 Å². The number of nitrogens with zero attached hydrogens (tertiary/aromatic N) is 1. The van der Waals surface area contributed by atoms with Gasteiger partial charge in [-0.3, -0.25) is 0 Å². The van der Waals surface area contributed by atoms with Crippen LogP contribution in [0.15, 0.2) is 18.2 Å². The Morgan fingerprint density at radius 2 is 2.12 bits per heavy atom. The maximum absolute atomic E-state index is 13.2. The maximum Gasteiger partial charge on any atom is 0.123 e. The molecule has 0 aliphatic carbocycles. The third-order valence-electron chi connectivity index (χ3n) is 3.53. The van der Waals surface area contributed by atoms with Gasteiger partial charge in [0.1, 0.15) is 5.82 Å². The van der Waals surface area contributed by atoms with Crippen molar-refractivity contribution in [2.75, 3.05) is 11.4 Å². The lowest BCUT2D eigenvalue weighted by atomic mass is 10.1. The zero-order valence-electron chi connectivity index (χ0n) is 10.7. The molecule has 1 aliphatic rings. The highest BCUT2D eigenvalue weighted by molar-refractivity contribution is 5.56. The van der Waals surface area contributed by atoms with Gasteiger partial charge in [-0.05, 0) is 44.4 Å². The summed E-state index contributed by atoms with van der Waals surface area (Å²) in [6.45, 7) is 7.07. The molecule has 2 nitrogen and oxygen atoms in total. The summed E-state index contributed by atoms with van der Waals surface area (Å²) in [5.74, 6) is 0.362. The molecule has 1 aliphatic heterocycles. The third-order valence-corrected chi connectivity index (χ3v) is 3.53. The van der Waals surface area contributed by atoms with Gasteiger partial charge in [0.25, 0.3) is 0 Å². The monoisotopic (exact) mass is 237 g/mol. The Morgan fingerprint density at radius 1 is 1.41 bits per heavy atom. The van der Waals surface area contributed by atoms with E-state index in [1.165, 1.54) is 12.1 Å². The molecule has 2 rings (SSSR count). The van der Waals surface area contributed by atoms with Crippen molar-refractivity contribution in [1.82, 2.24) is 0 Å². The zero-order chi connectivity index (χ0) is 12.6. The Kier molecular flexibility index (Phi) is 3.38. The van der Waals surface area contributed by atoms with Crippen LogP contribution >= 0.6 is 0 Å². The normalized spacial score (nSPS) is 26.3. The predicted octanol–water partition coefficient (Wildman–Crippen LogP) is 3.11. The van der Waals surface area contributed by atoms with Crippen molar-refractivity contribution >= 4 is 5.69 Å². The molecule has 0 saturated carbocycles. The molecule has 3 unspecified atom stereocenters. The number of hydrogen-bond acceptors (Lipinski definition) is 2. The summed E-state index contributed by atoms with van der Waals surface area (Å²) < 4.78 is 13.2. The summed E-state index contributed by atoms with van der Waals surface area (Å²) in [5, 5.41) is 9.75. The molecule has 0 radical (unpaired) electrons. The van der Waals surface area contributed by atoms with Gasteiger partial charge in [-0.2, -0.15) is 0 Å². The van der Waals surface area contributed by atoms with Crippen molar-refractivity contribution < 1.29 is 9.50 Å². The smallest absolute Gasteiger partial charge is 0.123 e. The molecule has 1 heterocycles. The van der Waals surface area contributed by atoms with Crippen LogP contribution in [0.3, 0.4) is 0 Å². The first-order valence-corrected chi connectivity index (χ1v) is 6.23. The van der Waals surface area contributed by atoms with E-state index in [0.29, 0.717) is 17.5 Å². The fraction of sp³-hybridized carbons (Fsp3) is 0.571. The van der Waals surface area contributed by atoms with E-state index in [1.54, 1.807) is 13.0 Å². The van der Waals surface area contributed by atoms with Gasteiger partial charge in [0, 0.05) is 23.8 Å². The zero-order valence-corrected chi connectivity index (χ0v) is 10.7. The van der Waals surface area contributed by atoms with Gasteiger partial charge in [-0.1, -0.05) is 6.92 Å². The van der Waals surface area contributed by atoms with Crippen molar-refractivity contribution in [2.45, 2.75) is 39.3 Å². The second-order valence-corrected chi connectivity index (χ2v) is 5.22. The van der Waals surface area contributed by atoms with Crippen LogP contribution in [0.25, 0.3) is 0 Å². The Morgan fingerprint density at radius 3 is 2.65 bits per heavy atom. The molecule has 0 amide bonds. The second-order valence-electron chi connectivity index (χ2n) is 5.22. The van der Waals surface area contributed by atoms with Gasteiger partial charge in [0.2, 0.25) is 0 Å². The van der Waals surface area contributed by atoms with E-state index in [9.17, 15) is 9.50 Å². The molecule has 17 heavy (non-hydrogen) atoms. The number of rotatable bonds is 2. The average molecular weight is 237 g/mol. The second kappa shape index (κ2) is 4.65. The quantitative estimate of drug-likeness (QED) is 0.854. The minimum absolute atomic E-state index is 0.287. The Balaban J connectivity index is 2.38. The number of hydrogen-bond donors (Lipinski definition) is 1. The van der Waals surface area contributed by atoms with Crippen LogP contribution in [-0.4, -0.2) is 17.7 Å². The van der Waals surface area contributed by atoms with Gasteiger partial charge in [-0.15, -0.1) is 0 Å². The lowest BCUT2D eigenvalue weighted by molar-refractivity contribution is 0.199. The molecular formula is C14H20FNO. The summed E-state index contributed by atoms with van der Waals surface area (Å²) >= 11 is 0. The minimum Gasteiger partial charge on any atom is -0.389 e. The van der Waals surface area contributed by atoms with Gasteiger partial charge in [-0.25, -0.2) is 4.39 Å². The van der Waals surface area contributed by atoms with Crippen molar-refractivity contribution in [3.63, 3.8) is 0 Å². The molecule has 1 aromatic rings. The number of anilines is 1. The van der Waals surface area contributed by atoms with Crippen LogP contribution in [0.4, 0.5) is 10.1 Å². The van der Waals surface area contributed by atoms with Gasteiger partial charge < -0.3 is 10.0 Å². The summed E-state index contributed by atoms with van der Waals surface area (Å²) in [5.41, 5.74) is 1.66. The molecule has 1 N–H and O–H groups in total. The molecule has 94 valence electrons. The van der Waals surface area contributed by atoms with Crippen LogP contribution in [0.5, 0.6) is 0 Å². The molecule has 3 atom stereocenters. The average Bonchev–Trinajstić information content (AvgIpc) is 2.57. The first-order valence-electron chi connectivity index (χ1n) is 6.23. The fourth-order valence-corrected chi connectivity index (χ4v) is 2.76. The topological polar surface area (TPSA) is 23.5 Å². The van der Waals surface area contributed by atoms with E-state index in [-0.39, 0.29) is 5.82 Å². The van der Waals surface area contributed by atoms with Gasteiger partial charge in [0.05, 0.1) is 6.10 Å². The molecular weight excluding hydrogens is 217 g/mol. The number of halogens is 1. The Hall–Kier alpha value is -1.09. The number of aliphatic hydroxyl groups is 1. The Bertz CT molecular complexity index is 405. The van der Waals surface area contributed by atoms with Crippen molar-refractivity contribution in [2.24, 2.45) is 5.92 Å². The summed E-state index contributed by atoms with van der Waals surface area (Å²) in [6, 6.07) is 5.14. The highest BCUT2D eigenvalue weighted by atomic mass is 19.1. The van der Waals surface area contributed by atoms with E-state index < -0.39 is 6.10 Å². The molecule has 0 spiro atoms. The van der Waals surface area contributed by atoms with Crippen molar-refractivity contribution in [3.05, 3.63) is 29.6 Å². The van der Waals surface area contributed by atoms with Crippen LogP contribution < -0.4 is 4.90 Å². The SMILES string of the molecule is CC1CC(C)N(c2ccc(F)cc2C(C)O)C1. The fourth-order valence-electron chi connectivity index (χ4n) is 2.76.